The summed E-state index contributed by atoms with van der Waals surface area (Å²) in [4.78, 5) is 4.25. The molecule has 3 nitrogen and oxygen atoms in total. The third-order valence-electron chi connectivity index (χ3n) is 2.52. The Balaban J connectivity index is 2.29. The van der Waals surface area contributed by atoms with Crippen molar-refractivity contribution in [2.45, 2.75) is 20.4 Å². The van der Waals surface area contributed by atoms with Crippen molar-refractivity contribution in [1.29, 1.82) is 0 Å². The summed E-state index contributed by atoms with van der Waals surface area (Å²) in [5.41, 5.74) is 0.610. The van der Waals surface area contributed by atoms with Crippen LogP contribution in [0.2, 0.25) is 5.02 Å². The van der Waals surface area contributed by atoms with Crippen LogP contribution in [0.1, 0.15) is 13.8 Å². The van der Waals surface area contributed by atoms with Crippen LogP contribution in [-0.4, -0.2) is 9.55 Å². The lowest BCUT2D eigenvalue weighted by Crippen LogP contribution is -2.08. The van der Waals surface area contributed by atoms with Crippen molar-refractivity contribution >= 4 is 39.2 Å². The Bertz CT molecular complexity index is 560. The standard InChI is InChI=1S/C13H14BrClFN3/c1-8(2)7-19-4-3-17-13(19)18-12-10(14)5-9(16)6-11(12)15/h3-6,8H,7H2,1-2H3,(H,17,18). The van der Waals surface area contributed by atoms with Crippen LogP contribution in [-0.2, 0) is 6.54 Å². The first-order valence-corrected chi connectivity index (χ1v) is 7.07. The van der Waals surface area contributed by atoms with Crippen LogP contribution >= 0.6 is 27.5 Å². The summed E-state index contributed by atoms with van der Waals surface area (Å²) in [6, 6.07) is 2.63. The van der Waals surface area contributed by atoms with E-state index < -0.39 is 0 Å². The van der Waals surface area contributed by atoms with Crippen molar-refractivity contribution in [2.75, 3.05) is 5.32 Å². The molecule has 0 bridgehead atoms. The molecule has 0 aliphatic rings. The smallest absolute Gasteiger partial charge is 0.207 e. The zero-order chi connectivity index (χ0) is 14.0. The van der Waals surface area contributed by atoms with Gasteiger partial charge in [-0.1, -0.05) is 25.4 Å². The Labute approximate surface area is 124 Å². The predicted octanol–water partition coefficient (Wildman–Crippen LogP) is 4.84. The zero-order valence-corrected chi connectivity index (χ0v) is 13.0. The van der Waals surface area contributed by atoms with Gasteiger partial charge in [0.25, 0.3) is 0 Å². The van der Waals surface area contributed by atoms with Gasteiger partial charge in [0, 0.05) is 23.4 Å². The second-order valence-corrected chi connectivity index (χ2v) is 5.93. The number of benzene rings is 1. The van der Waals surface area contributed by atoms with Gasteiger partial charge in [-0.15, -0.1) is 0 Å². The lowest BCUT2D eigenvalue weighted by Gasteiger charge is -2.13. The maximum Gasteiger partial charge on any atom is 0.207 e. The predicted molar refractivity (Wildman–Crippen MR) is 79.5 cm³/mol. The first-order valence-electron chi connectivity index (χ1n) is 5.90. The highest BCUT2D eigenvalue weighted by molar-refractivity contribution is 9.10. The number of nitrogens with zero attached hydrogens (tertiary/aromatic N) is 2. The highest BCUT2D eigenvalue weighted by Gasteiger charge is 2.11. The van der Waals surface area contributed by atoms with E-state index in [4.69, 9.17) is 11.6 Å². The molecule has 6 heteroatoms. The third kappa shape index (κ3) is 3.48. The monoisotopic (exact) mass is 345 g/mol. The highest BCUT2D eigenvalue weighted by atomic mass is 79.9. The lowest BCUT2D eigenvalue weighted by molar-refractivity contribution is 0.527. The molecule has 1 N–H and O–H groups in total. The van der Waals surface area contributed by atoms with Crippen molar-refractivity contribution in [3.63, 3.8) is 0 Å². The Kier molecular flexibility index (Phi) is 4.47. The van der Waals surface area contributed by atoms with Crippen LogP contribution in [0.15, 0.2) is 29.0 Å². The molecular formula is C13H14BrClFN3. The van der Waals surface area contributed by atoms with Gasteiger partial charge in [-0.25, -0.2) is 9.37 Å². The molecule has 102 valence electrons. The first kappa shape index (κ1) is 14.3. The highest BCUT2D eigenvalue weighted by Crippen LogP contribution is 2.33. The van der Waals surface area contributed by atoms with E-state index in [1.54, 1.807) is 6.20 Å². The van der Waals surface area contributed by atoms with Crippen LogP contribution in [0.25, 0.3) is 0 Å². The molecule has 0 saturated heterocycles. The van der Waals surface area contributed by atoms with Gasteiger partial charge in [0.05, 0.1) is 10.7 Å². The second-order valence-electron chi connectivity index (χ2n) is 4.67. The molecule has 0 amide bonds. The molecule has 2 rings (SSSR count). The van der Waals surface area contributed by atoms with E-state index >= 15 is 0 Å². The maximum absolute atomic E-state index is 13.2. The van der Waals surface area contributed by atoms with Crippen LogP contribution in [0.4, 0.5) is 16.0 Å². The van der Waals surface area contributed by atoms with E-state index in [2.05, 4.69) is 40.1 Å². The van der Waals surface area contributed by atoms with Crippen LogP contribution < -0.4 is 5.32 Å². The number of rotatable bonds is 4. The largest absolute Gasteiger partial charge is 0.323 e. The fraction of sp³-hybridized carbons (Fsp3) is 0.308. The third-order valence-corrected chi connectivity index (χ3v) is 3.44. The number of nitrogens with one attached hydrogen (secondary N) is 1. The van der Waals surface area contributed by atoms with Gasteiger partial charge in [-0.3, -0.25) is 0 Å². The number of imidazole rings is 1. The Hall–Kier alpha value is -1.07. The fourth-order valence-electron chi connectivity index (χ4n) is 1.75. The van der Waals surface area contributed by atoms with E-state index in [0.29, 0.717) is 27.0 Å². The Morgan fingerprint density at radius 3 is 2.84 bits per heavy atom. The molecule has 0 aliphatic carbocycles. The van der Waals surface area contributed by atoms with Crippen molar-refractivity contribution < 1.29 is 4.39 Å². The molecule has 0 radical (unpaired) electrons. The molecule has 1 heterocycles. The van der Waals surface area contributed by atoms with Crippen molar-refractivity contribution in [3.8, 4) is 0 Å². The summed E-state index contributed by atoms with van der Waals surface area (Å²) in [6.45, 7) is 5.11. The van der Waals surface area contributed by atoms with E-state index in [1.807, 2.05) is 10.8 Å². The molecular weight excluding hydrogens is 333 g/mol. The van der Waals surface area contributed by atoms with Crippen molar-refractivity contribution in [2.24, 2.45) is 5.92 Å². The minimum atomic E-state index is -0.382. The van der Waals surface area contributed by atoms with E-state index in [9.17, 15) is 4.39 Å². The quantitative estimate of drug-likeness (QED) is 0.858. The van der Waals surface area contributed by atoms with Gasteiger partial charge >= 0.3 is 0 Å². The van der Waals surface area contributed by atoms with Crippen LogP contribution in [0.5, 0.6) is 0 Å². The van der Waals surface area contributed by atoms with Gasteiger partial charge in [-0.05, 0) is 34.0 Å². The molecule has 2 aromatic rings. The van der Waals surface area contributed by atoms with E-state index in [0.717, 1.165) is 6.54 Å². The average molecular weight is 347 g/mol. The van der Waals surface area contributed by atoms with Crippen LogP contribution in [0, 0.1) is 11.7 Å². The minimum Gasteiger partial charge on any atom is -0.323 e. The van der Waals surface area contributed by atoms with E-state index in [-0.39, 0.29) is 5.82 Å². The van der Waals surface area contributed by atoms with Gasteiger partial charge in [0.2, 0.25) is 5.95 Å². The Morgan fingerprint density at radius 1 is 1.47 bits per heavy atom. The molecule has 0 spiro atoms. The Morgan fingerprint density at radius 2 is 2.21 bits per heavy atom. The average Bonchev–Trinajstić information content (AvgIpc) is 2.70. The van der Waals surface area contributed by atoms with Gasteiger partial charge in [0.15, 0.2) is 0 Å². The van der Waals surface area contributed by atoms with Crippen LogP contribution in [0.3, 0.4) is 0 Å². The summed E-state index contributed by atoms with van der Waals surface area (Å²) >= 11 is 9.34. The number of hydrogen-bond donors (Lipinski definition) is 1. The fourth-order valence-corrected chi connectivity index (χ4v) is 2.65. The lowest BCUT2D eigenvalue weighted by atomic mass is 10.2. The SMILES string of the molecule is CC(C)Cn1ccnc1Nc1c(Cl)cc(F)cc1Br. The number of aromatic nitrogens is 2. The summed E-state index contributed by atoms with van der Waals surface area (Å²) in [5, 5.41) is 3.44. The van der Waals surface area contributed by atoms with E-state index in [1.165, 1.54) is 12.1 Å². The number of halogens is 3. The molecule has 0 saturated carbocycles. The van der Waals surface area contributed by atoms with Gasteiger partial charge in [0.1, 0.15) is 5.82 Å². The molecule has 1 aromatic heterocycles. The first-order chi connectivity index (χ1) is 8.97. The summed E-state index contributed by atoms with van der Waals surface area (Å²) in [6.07, 6.45) is 3.61. The van der Waals surface area contributed by atoms with Crippen molar-refractivity contribution in [3.05, 3.63) is 39.8 Å². The zero-order valence-electron chi connectivity index (χ0n) is 10.6. The normalized spacial score (nSPS) is 11.1. The second kappa shape index (κ2) is 5.92. The minimum absolute atomic E-state index is 0.311. The van der Waals surface area contributed by atoms with Gasteiger partial charge in [-0.2, -0.15) is 0 Å². The molecule has 1 aromatic carbocycles. The number of anilines is 2. The molecule has 0 unspecified atom stereocenters. The molecule has 19 heavy (non-hydrogen) atoms. The topological polar surface area (TPSA) is 29.9 Å². The summed E-state index contributed by atoms with van der Waals surface area (Å²) in [7, 11) is 0. The molecule has 0 aliphatic heterocycles. The van der Waals surface area contributed by atoms with Crippen molar-refractivity contribution in [1.82, 2.24) is 9.55 Å². The maximum atomic E-state index is 13.2. The molecule has 0 fully saturated rings. The van der Waals surface area contributed by atoms with Gasteiger partial charge < -0.3 is 9.88 Å². The molecule has 0 atom stereocenters. The number of hydrogen-bond acceptors (Lipinski definition) is 2. The summed E-state index contributed by atoms with van der Waals surface area (Å²) in [5.74, 6) is 0.803. The summed E-state index contributed by atoms with van der Waals surface area (Å²) < 4.78 is 15.7.